The molecular weight excluding hydrogens is 631 g/mol. The Morgan fingerprint density at radius 1 is 0.810 bits per heavy atom. The van der Waals surface area contributed by atoms with Gasteiger partial charge in [0.1, 0.15) is 0 Å². The van der Waals surface area contributed by atoms with E-state index in [-0.39, 0.29) is 35.6 Å². The van der Waals surface area contributed by atoms with E-state index in [4.69, 9.17) is 0 Å². The van der Waals surface area contributed by atoms with E-state index in [0.29, 0.717) is 11.8 Å². The molecule has 42 heavy (non-hydrogen) atoms. The number of rotatable bonds is 4. The van der Waals surface area contributed by atoms with Crippen LogP contribution >= 0.6 is 0 Å². The second-order valence-electron chi connectivity index (χ2n) is 14.6. The van der Waals surface area contributed by atoms with Gasteiger partial charge in [-0.05, 0) is 0 Å². The normalized spacial score (nSPS) is 16.4. The van der Waals surface area contributed by atoms with E-state index in [1.165, 1.54) is 33.4 Å². The van der Waals surface area contributed by atoms with Crippen molar-refractivity contribution in [2.75, 3.05) is 0 Å². The summed E-state index contributed by atoms with van der Waals surface area (Å²) >= 11 is -2.56. The maximum atomic E-state index is 2.66. The van der Waals surface area contributed by atoms with E-state index in [1.807, 2.05) is 0 Å². The van der Waals surface area contributed by atoms with E-state index in [2.05, 4.69) is 143 Å². The molecule has 0 heterocycles. The van der Waals surface area contributed by atoms with Crippen molar-refractivity contribution < 1.29 is 46.1 Å². The van der Waals surface area contributed by atoms with E-state index < -0.39 is 21.3 Å². The fourth-order valence-corrected chi connectivity index (χ4v) is 15.2. The predicted octanol–water partition coefficient (Wildman–Crippen LogP) is 3.85. The van der Waals surface area contributed by atoms with Crippen molar-refractivity contribution in [1.29, 1.82) is 0 Å². The van der Waals surface area contributed by atoms with Gasteiger partial charge in [-0.15, -0.1) is 0 Å². The second kappa shape index (κ2) is 12.8. The predicted molar refractivity (Wildman–Crippen MR) is 173 cm³/mol. The minimum Gasteiger partial charge on any atom is -1.00 e. The van der Waals surface area contributed by atoms with Gasteiger partial charge in [-0.3, -0.25) is 0 Å². The van der Waals surface area contributed by atoms with E-state index in [9.17, 15) is 0 Å². The van der Waals surface area contributed by atoms with E-state index >= 15 is 0 Å². The Kier molecular flexibility index (Phi) is 10.7. The molecule has 0 radical (unpaired) electrons. The maximum Gasteiger partial charge on any atom is -1.00 e. The van der Waals surface area contributed by atoms with Gasteiger partial charge in [0, 0.05) is 0 Å². The van der Waals surface area contributed by atoms with Crippen LogP contribution in [0.3, 0.4) is 0 Å². The first kappa shape index (κ1) is 35.0. The van der Waals surface area contributed by atoms with Crippen molar-refractivity contribution in [2.45, 2.75) is 93.4 Å². The van der Waals surface area contributed by atoms with Gasteiger partial charge in [-0.1, -0.05) is 0 Å². The molecule has 5 rings (SSSR count). The Morgan fingerprint density at radius 2 is 1.40 bits per heavy atom. The maximum absolute atomic E-state index is 2.66. The standard InChI is InChI=1S/C21H25.C10H15.C8H8.2ClH.Zr/c1-20(2,3)16-9-7-14-11-15-8-10-17(21(4,5)6)13-19(15)18(14)12-16;1-7(2)10-6-8(3)5-9(10)4;1-2-8-6-4-3-5-7-8;;;/h7,9-10,12-13H,11H2,1-6H3;6-8H,1-4H3;3-7H,1H3;2*1H;/q;;;;;+2/p-2. The zero-order valence-corrected chi connectivity index (χ0v) is 31.4. The van der Waals surface area contributed by atoms with Crippen LogP contribution in [0.15, 0.2) is 81.2 Å². The van der Waals surface area contributed by atoms with Crippen molar-refractivity contribution in [3.05, 3.63) is 109 Å². The van der Waals surface area contributed by atoms with Crippen LogP contribution in [0.1, 0.15) is 104 Å². The number of hydrogen-bond acceptors (Lipinski definition) is 0. The van der Waals surface area contributed by atoms with Crippen LogP contribution in [-0.4, -0.2) is 3.21 Å². The zero-order chi connectivity index (χ0) is 29.1. The van der Waals surface area contributed by atoms with Gasteiger partial charge in [0.2, 0.25) is 0 Å². The van der Waals surface area contributed by atoms with Crippen LogP contribution in [0.25, 0.3) is 11.1 Å². The second-order valence-corrected chi connectivity index (χ2v) is 20.9. The molecule has 3 heteroatoms. The molecular formula is C39H48Cl2Zr. The van der Waals surface area contributed by atoms with Gasteiger partial charge in [-0.25, -0.2) is 0 Å². The van der Waals surface area contributed by atoms with E-state index in [0.717, 1.165) is 6.42 Å². The fraction of sp³-hybridized carbons (Fsp3) is 0.410. The average Bonchev–Trinajstić information content (AvgIpc) is 3.40. The number of halogens is 2. The van der Waals surface area contributed by atoms with Crippen LogP contribution in [0.2, 0.25) is 0 Å². The summed E-state index contributed by atoms with van der Waals surface area (Å²) in [6, 6.07) is 23.8. The topological polar surface area (TPSA) is 0 Å². The van der Waals surface area contributed by atoms with Crippen LogP contribution in [0.4, 0.5) is 0 Å². The molecule has 0 aliphatic heterocycles. The molecule has 0 saturated heterocycles. The Morgan fingerprint density at radius 3 is 1.95 bits per heavy atom. The van der Waals surface area contributed by atoms with Gasteiger partial charge in [0.05, 0.1) is 0 Å². The van der Waals surface area contributed by atoms with Gasteiger partial charge >= 0.3 is 253 Å². The average molecular weight is 679 g/mol. The van der Waals surface area contributed by atoms with Gasteiger partial charge < -0.3 is 24.8 Å². The summed E-state index contributed by atoms with van der Waals surface area (Å²) in [4.78, 5) is 0. The van der Waals surface area contributed by atoms with Gasteiger partial charge in [0.25, 0.3) is 0 Å². The molecule has 1 atom stereocenters. The molecule has 0 spiro atoms. The van der Waals surface area contributed by atoms with Crippen molar-refractivity contribution >= 4 is 6.48 Å². The first-order valence-electron chi connectivity index (χ1n) is 15.2. The minimum absolute atomic E-state index is 0. The minimum atomic E-state index is -2.56. The van der Waals surface area contributed by atoms with Gasteiger partial charge in [-0.2, -0.15) is 0 Å². The number of benzene rings is 3. The summed E-state index contributed by atoms with van der Waals surface area (Å²) in [5.41, 5.74) is 13.8. The van der Waals surface area contributed by atoms with Crippen LogP contribution in [-0.2, 0) is 38.5 Å². The molecule has 0 nitrogen and oxygen atoms in total. The first-order valence-corrected chi connectivity index (χ1v) is 18.9. The van der Waals surface area contributed by atoms with Crippen LogP contribution < -0.4 is 28.1 Å². The van der Waals surface area contributed by atoms with Crippen LogP contribution in [0.5, 0.6) is 0 Å². The Hall–Kier alpha value is -1.53. The first-order chi connectivity index (χ1) is 18.7. The summed E-state index contributed by atoms with van der Waals surface area (Å²) in [7, 11) is 0. The zero-order valence-electron chi connectivity index (χ0n) is 27.5. The van der Waals surface area contributed by atoms with Crippen molar-refractivity contribution in [3.63, 3.8) is 0 Å². The molecule has 0 bridgehead atoms. The third-order valence-electron chi connectivity index (χ3n) is 9.21. The molecule has 222 valence electrons. The molecule has 2 aliphatic carbocycles. The smallest absolute Gasteiger partial charge is 1.00 e. The van der Waals surface area contributed by atoms with Gasteiger partial charge in [0.15, 0.2) is 0 Å². The number of allylic oxidation sites excluding steroid dienone is 4. The molecule has 3 aromatic carbocycles. The molecule has 0 fully saturated rings. The summed E-state index contributed by atoms with van der Waals surface area (Å²) in [6.07, 6.45) is 3.65. The monoisotopic (exact) mass is 676 g/mol. The SMILES string of the molecule is CC1=[C](/[Zr+2](=[C](\C)c2ccccc2)[c]2cc(C(C)(C)C)cc3c2Cc2ccc(C(C)(C)C)cc2-3)C(C)C=C1C(C)C.[Cl-].[Cl-]. The Bertz CT molecular complexity index is 1570. The van der Waals surface area contributed by atoms with Crippen LogP contribution in [0, 0.1) is 11.8 Å². The molecule has 0 N–H and O–H groups in total. The van der Waals surface area contributed by atoms with E-state index in [1.54, 1.807) is 26.5 Å². The Balaban J connectivity index is 0.00000242. The molecule has 3 aromatic rings. The van der Waals surface area contributed by atoms with Crippen molar-refractivity contribution in [3.8, 4) is 11.1 Å². The largest absolute Gasteiger partial charge is 1.00 e. The summed E-state index contributed by atoms with van der Waals surface area (Å²) in [5.74, 6) is 1.07. The Labute approximate surface area is 276 Å². The van der Waals surface area contributed by atoms with Crippen molar-refractivity contribution in [1.82, 2.24) is 0 Å². The number of fused-ring (bicyclic) bond motifs is 3. The quantitative estimate of drug-likeness (QED) is 0.308. The number of hydrogen-bond donors (Lipinski definition) is 0. The summed E-state index contributed by atoms with van der Waals surface area (Å²) in [6.45, 7) is 26.3. The third kappa shape index (κ3) is 6.46. The molecule has 0 amide bonds. The fourth-order valence-electron chi connectivity index (χ4n) is 6.79. The van der Waals surface area contributed by atoms with Crippen molar-refractivity contribution in [2.24, 2.45) is 11.8 Å². The molecule has 0 saturated carbocycles. The molecule has 1 unspecified atom stereocenters. The molecule has 0 aromatic heterocycles. The third-order valence-corrected chi connectivity index (χ3v) is 17.6. The summed E-state index contributed by atoms with van der Waals surface area (Å²) < 4.78 is 5.15. The summed E-state index contributed by atoms with van der Waals surface area (Å²) in [5, 5.41) is 0. The molecule has 2 aliphatic rings.